The fourth-order valence-electron chi connectivity index (χ4n) is 3.61. The average Bonchev–Trinajstić information content (AvgIpc) is 2.88. The van der Waals surface area contributed by atoms with Gasteiger partial charge in [0.15, 0.2) is 0 Å². The average molecular weight is 482 g/mol. The van der Waals surface area contributed by atoms with Gasteiger partial charge in [0.1, 0.15) is 18.1 Å². The quantitative estimate of drug-likeness (QED) is 0.243. The second kappa shape index (κ2) is 11.0. The minimum Gasteiger partial charge on any atom is -0.488 e. The highest BCUT2D eigenvalue weighted by Crippen LogP contribution is 2.30. The fraction of sp³-hybridized carbons (Fsp3) is 0.0690. The lowest BCUT2D eigenvalue weighted by Gasteiger charge is -2.15. The molecule has 0 fully saturated rings. The number of hydrogen-bond donors (Lipinski definition) is 2. The van der Waals surface area contributed by atoms with Gasteiger partial charge in [-0.15, -0.1) is 0 Å². The number of carboxylic acids is 1. The molecule has 0 unspecified atom stereocenters. The number of esters is 1. The number of carbonyl (C=O) groups is 3. The maximum absolute atomic E-state index is 13.3. The first-order valence-corrected chi connectivity index (χ1v) is 11.1. The number of carboxylic acid groups (broad SMARTS) is 1. The Balaban J connectivity index is 1.66. The van der Waals surface area contributed by atoms with Gasteiger partial charge in [-0.3, -0.25) is 9.59 Å². The molecule has 0 aliphatic rings. The molecule has 0 aliphatic heterocycles. The highest BCUT2D eigenvalue weighted by Gasteiger charge is 2.19. The molecule has 7 heteroatoms. The van der Waals surface area contributed by atoms with E-state index in [2.05, 4.69) is 5.32 Å². The van der Waals surface area contributed by atoms with Crippen LogP contribution >= 0.6 is 0 Å². The van der Waals surface area contributed by atoms with Crippen molar-refractivity contribution in [1.82, 2.24) is 0 Å². The molecule has 0 radical (unpaired) electrons. The maximum atomic E-state index is 13.3. The van der Waals surface area contributed by atoms with Gasteiger partial charge < -0.3 is 19.9 Å². The Hall–Kier alpha value is -4.91. The van der Waals surface area contributed by atoms with Crippen LogP contribution in [-0.4, -0.2) is 23.0 Å². The molecule has 4 aromatic rings. The van der Waals surface area contributed by atoms with E-state index in [0.29, 0.717) is 0 Å². The third-order valence-corrected chi connectivity index (χ3v) is 5.30. The Morgan fingerprint density at radius 3 is 2.11 bits per heavy atom. The van der Waals surface area contributed by atoms with E-state index >= 15 is 0 Å². The predicted molar refractivity (Wildman–Crippen MR) is 135 cm³/mol. The smallest absolute Gasteiger partial charge is 0.337 e. The summed E-state index contributed by atoms with van der Waals surface area (Å²) >= 11 is 0. The summed E-state index contributed by atoms with van der Waals surface area (Å²) in [5, 5.41) is 12.4. The molecule has 0 spiro atoms. The van der Waals surface area contributed by atoms with Gasteiger partial charge >= 0.3 is 11.9 Å². The van der Waals surface area contributed by atoms with Crippen LogP contribution in [0.4, 0.5) is 5.69 Å². The summed E-state index contributed by atoms with van der Waals surface area (Å²) in [5.74, 6) is -1.84. The van der Waals surface area contributed by atoms with Crippen LogP contribution in [-0.2, 0) is 11.4 Å². The standard InChI is InChI=1S/C29H23NO6/c1-19(31)36-23-13-15-25(27(17-23)35-18-20-8-4-2-5-9-20)28(32)30-26-16-22(12-14-24(26)29(33)34)21-10-6-3-7-11-21/h2-17H,18H2,1H3,(H,30,32)(H,33,34). The van der Waals surface area contributed by atoms with Gasteiger partial charge in [0.25, 0.3) is 5.91 Å². The van der Waals surface area contributed by atoms with E-state index in [1.54, 1.807) is 12.1 Å². The lowest BCUT2D eigenvalue weighted by molar-refractivity contribution is -0.131. The largest absolute Gasteiger partial charge is 0.488 e. The van der Waals surface area contributed by atoms with Crippen LogP contribution in [0.1, 0.15) is 33.2 Å². The van der Waals surface area contributed by atoms with E-state index in [-0.39, 0.29) is 34.9 Å². The Kier molecular flexibility index (Phi) is 7.41. The zero-order valence-electron chi connectivity index (χ0n) is 19.4. The van der Waals surface area contributed by atoms with Crippen molar-refractivity contribution >= 4 is 23.5 Å². The summed E-state index contributed by atoms with van der Waals surface area (Å²) < 4.78 is 11.1. The number of anilines is 1. The topological polar surface area (TPSA) is 102 Å². The van der Waals surface area contributed by atoms with Crippen molar-refractivity contribution in [2.24, 2.45) is 0 Å². The number of hydrogen-bond acceptors (Lipinski definition) is 5. The normalized spacial score (nSPS) is 10.4. The molecular formula is C29H23NO6. The van der Waals surface area contributed by atoms with Crippen LogP contribution in [0.15, 0.2) is 97.1 Å². The van der Waals surface area contributed by atoms with Crippen molar-refractivity contribution in [3.63, 3.8) is 0 Å². The van der Waals surface area contributed by atoms with E-state index in [1.165, 1.54) is 31.2 Å². The van der Waals surface area contributed by atoms with Gasteiger partial charge in [-0.2, -0.15) is 0 Å². The summed E-state index contributed by atoms with van der Waals surface area (Å²) in [6.07, 6.45) is 0. The highest BCUT2D eigenvalue weighted by atomic mass is 16.5. The second-order valence-corrected chi connectivity index (χ2v) is 7.91. The van der Waals surface area contributed by atoms with E-state index < -0.39 is 17.8 Å². The molecular weight excluding hydrogens is 458 g/mol. The minimum atomic E-state index is -1.17. The molecule has 0 atom stereocenters. The molecule has 0 bridgehead atoms. The zero-order chi connectivity index (χ0) is 25.5. The number of ether oxygens (including phenoxy) is 2. The molecule has 0 heterocycles. The molecule has 0 aromatic heterocycles. The van der Waals surface area contributed by atoms with Crippen molar-refractivity contribution in [2.75, 3.05) is 5.32 Å². The number of aromatic carboxylic acids is 1. The van der Waals surface area contributed by atoms with Gasteiger partial charge in [-0.1, -0.05) is 66.7 Å². The summed E-state index contributed by atoms with van der Waals surface area (Å²) in [6.45, 7) is 1.45. The number of amides is 1. The van der Waals surface area contributed by atoms with Crippen molar-refractivity contribution in [3.05, 3.63) is 114 Å². The summed E-state index contributed by atoms with van der Waals surface area (Å²) in [4.78, 5) is 36.6. The predicted octanol–water partition coefficient (Wildman–Crippen LogP) is 5.81. The first-order chi connectivity index (χ1) is 17.4. The van der Waals surface area contributed by atoms with Crippen LogP contribution in [0.5, 0.6) is 11.5 Å². The summed E-state index contributed by atoms with van der Waals surface area (Å²) in [5.41, 5.74) is 2.76. The first kappa shape index (κ1) is 24.2. The van der Waals surface area contributed by atoms with Crippen LogP contribution in [0.2, 0.25) is 0 Å². The molecule has 2 N–H and O–H groups in total. The molecule has 180 valence electrons. The van der Waals surface area contributed by atoms with E-state index in [1.807, 2.05) is 60.7 Å². The third-order valence-electron chi connectivity index (χ3n) is 5.30. The summed E-state index contributed by atoms with van der Waals surface area (Å²) in [7, 11) is 0. The molecule has 4 aromatic carbocycles. The molecule has 0 saturated carbocycles. The van der Waals surface area contributed by atoms with Gasteiger partial charge in [-0.25, -0.2) is 4.79 Å². The Labute approximate surface area is 207 Å². The highest BCUT2D eigenvalue weighted by molar-refractivity contribution is 6.09. The summed E-state index contributed by atoms with van der Waals surface area (Å²) in [6, 6.07) is 28.0. The third kappa shape index (κ3) is 5.95. The Bertz CT molecular complexity index is 1400. The van der Waals surface area contributed by atoms with Crippen LogP contribution in [0, 0.1) is 0 Å². The number of rotatable bonds is 8. The maximum Gasteiger partial charge on any atom is 0.337 e. The lowest BCUT2D eigenvalue weighted by Crippen LogP contribution is -2.16. The van der Waals surface area contributed by atoms with Gasteiger partial charge in [0, 0.05) is 13.0 Å². The Morgan fingerprint density at radius 1 is 0.778 bits per heavy atom. The van der Waals surface area contributed by atoms with Gasteiger partial charge in [0.05, 0.1) is 16.8 Å². The monoisotopic (exact) mass is 481 g/mol. The van der Waals surface area contributed by atoms with Gasteiger partial charge in [-0.05, 0) is 41.0 Å². The number of benzene rings is 4. The molecule has 1 amide bonds. The number of carbonyl (C=O) groups excluding carboxylic acids is 2. The lowest BCUT2D eigenvalue weighted by atomic mass is 10.0. The minimum absolute atomic E-state index is 0.0497. The van der Waals surface area contributed by atoms with Crippen molar-refractivity contribution < 1.29 is 29.0 Å². The molecule has 7 nitrogen and oxygen atoms in total. The van der Waals surface area contributed by atoms with Crippen LogP contribution in [0.3, 0.4) is 0 Å². The zero-order valence-corrected chi connectivity index (χ0v) is 19.4. The fourth-order valence-corrected chi connectivity index (χ4v) is 3.61. The van der Waals surface area contributed by atoms with E-state index in [0.717, 1.165) is 16.7 Å². The van der Waals surface area contributed by atoms with Gasteiger partial charge in [0.2, 0.25) is 0 Å². The number of nitrogens with one attached hydrogen (secondary N) is 1. The molecule has 0 saturated heterocycles. The van der Waals surface area contributed by atoms with Crippen LogP contribution in [0.25, 0.3) is 11.1 Å². The van der Waals surface area contributed by atoms with Crippen molar-refractivity contribution in [2.45, 2.75) is 13.5 Å². The molecule has 0 aliphatic carbocycles. The first-order valence-electron chi connectivity index (χ1n) is 11.1. The van der Waals surface area contributed by atoms with E-state index in [9.17, 15) is 19.5 Å². The SMILES string of the molecule is CC(=O)Oc1ccc(C(=O)Nc2cc(-c3ccccc3)ccc2C(=O)O)c(OCc2ccccc2)c1. The van der Waals surface area contributed by atoms with E-state index in [4.69, 9.17) is 9.47 Å². The van der Waals surface area contributed by atoms with Crippen LogP contribution < -0.4 is 14.8 Å². The second-order valence-electron chi connectivity index (χ2n) is 7.91. The van der Waals surface area contributed by atoms with Crippen molar-refractivity contribution in [1.29, 1.82) is 0 Å². The molecule has 4 rings (SSSR count). The Morgan fingerprint density at radius 2 is 1.44 bits per heavy atom. The van der Waals surface area contributed by atoms with Crippen molar-refractivity contribution in [3.8, 4) is 22.6 Å². The molecule has 36 heavy (non-hydrogen) atoms.